The summed E-state index contributed by atoms with van der Waals surface area (Å²) >= 11 is 4.35. The molecule has 3 heteroatoms. The predicted octanol–water partition coefficient (Wildman–Crippen LogP) is 1.90. The van der Waals surface area contributed by atoms with Crippen molar-refractivity contribution in [2.45, 2.75) is 6.42 Å². The molecule has 2 heterocycles. The van der Waals surface area contributed by atoms with Gasteiger partial charge < -0.3 is 0 Å². The second-order valence-electron chi connectivity index (χ2n) is 2.38. The van der Waals surface area contributed by atoms with Gasteiger partial charge >= 0.3 is 0 Å². The van der Waals surface area contributed by atoms with Crippen molar-refractivity contribution in [2.24, 2.45) is 5.10 Å². The molecule has 0 saturated carbocycles. The summed E-state index contributed by atoms with van der Waals surface area (Å²) in [6, 6.07) is 0. The Labute approximate surface area is 71.0 Å². The van der Waals surface area contributed by atoms with Gasteiger partial charge in [-0.1, -0.05) is 6.08 Å². The first kappa shape index (κ1) is 6.73. The van der Waals surface area contributed by atoms with Crippen LogP contribution in [0, 0.1) is 0 Å². The molecule has 0 bridgehead atoms. The number of allylic oxidation sites excluding steroid dienone is 4. The molecule has 0 amide bonds. The van der Waals surface area contributed by atoms with Crippen molar-refractivity contribution >= 4 is 18.8 Å². The molecule has 0 N–H and O–H groups in total. The highest BCUT2D eigenvalue weighted by atomic mass is 32.1. The Morgan fingerprint density at radius 1 is 1.45 bits per heavy atom. The molecule has 2 nitrogen and oxygen atoms in total. The molecule has 0 saturated heterocycles. The van der Waals surface area contributed by atoms with Crippen LogP contribution < -0.4 is 0 Å². The van der Waals surface area contributed by atoms with Crippen LogP contribution in [0.15, 0.2) is 40.1 Å². The van der Waals surface area contributed by atoms with E-state index in [1.54, 1.807) is 0 Å². The zero-order valence-corrected chi connectivity index (χ0v) is 6.83. The molecule has 0 atom stereocenters. The maximum atomic E-state index is 4.35. The van der Waals surface area contributed by atoms with Crippen LogP contribution in [0.3, 0.4) is 0 Å². The molecule has 2 aliphatic rings. The highest BCUT2D eigenvalue weighted by Gasteiger charge is 2.11. The van der Waals surface area contributed by atoms with Gasteiger partial charge in [0.05, 0.1) is 5.70 Å². The van der Waals surface area contributed by atoms with E-state index in [9.17, 15) is 0 Å². The van der Waals surface area contributed by atoms with E-state index < -0.39 is 0 Å². The zero-order chi connectivity index (χ0) is 7.68. The molecule has 0 fully saturated rings. The van der Waals surface area contributed by atoms with E-state index in [0.29, 0.717) is 0 Å². The lowest BCUT2D eigenvalue weighted by Crippen LogP contribution is -2.14. The van der Waals surface area contributed by atoms with Crippen molar-refractivity contribution in [1.82, 2.24) is 5.01 Å². The molecular weight excluding hydrogens is 156 g/mol. The third kappa shape index (κ3) is 1.12. The fourth-order valence-electron chi connectivity index (χ4n) is 1.08. The molecule has 56 valence electrons. The lowest BCUT2D eigenvalue weighted by molar-refractivity contribution is 0.502. The van der Waals surface area contributed by atoms with E-state index in [1.165, 1.54) is 0 Å². The van der Waals surface area contributed by atoms with Gasteiger partial charge in [-0.3, -0.25) is 0 Å². The van der Waals surface area contributed by atoms with Crippen molar-refractivity contribution in [2.75, 3.05) is 0 Å². The number of hydrogen-bond donors (Lipinski definition) is 1. The first-order valence-corrected chi connectivity index (χ1v) is 3.91. The van der Waals surface area contributed by atoms with Gasteiger partial charge in [0.1, 0.15) is 0 Å². The number of thiol groups is 1. The zero-order valence-electron chi connectivity index (χ0n) is 5.94. The van der Waals surface area contributed by atoms with Gasteiger partial charge in [0, 0.05) is 23.7 Å². The molecule has 11 heavy (non-hydrogen) atoms. The number of rotatable bonds is 0. The highest BCUT2D eigenvalue weighted by molar-refractivity contribution is 7.84. The van der Waals surface area contributed by atoms with Crippen molar-refractivity contribution in [3.8, 4) is 0 Å². The first-order chi connectivity index (χ1) is 5.38. The minimum absolute atomic E-state index is 0.840. The topological polar surface area (TPSA) is 15.6 Å². The van der Waals surface area contributed by atoms with Crippen LogP contribution in [0.5, 0.6) is 0 Å². The minimum atomic E-state index is 0.840. The van der Waals surface area contributed by atoms with Crippen LogP contribution in [0.4, 0.5) is 0 Å². The summed E-state index contributed by atoms with van der Waals surface area (Å²) in [5.74, 6) is 0. The summed E-state index contributed by atoms with van der Waals surface area (Å²) in [5.41, 5.74) is 1.08. The van der Waals surface area contributed by atoms with Crippen molar-refractivity contribution in [3.63, 3.8) is 0 Å². The fraction of sp³-hybridized carbons (Fsp3) is 0.125. The molecule has 0 aliphatic carbocycles. The Balaban J connectivity index is 2.40. The lowest BCUT2D eigenvalue weighted by Gasteiger charge is -2.22. The molecule has 0 aromatic rings. The van der Waals surface area contributed by atoms with E-state index in [4.69, 9.17) is 0 Å². The summed E-state index contributed by atoms with van der Waals surface area (Å²) < 4.78 is 0. The van der Waals surface area contributed by atoms with Gasteiger partial charge in [-0.2, -0.15) is 5.10 Å². The Bertz CT molecular complexity index is 286. The monoisotopic (exact) mass is 164 g/mol. The van der Waals surface area contributed by atoms with Crippen LogP contribution in [-0.4, -0.2) is 11.2 Å². The normalized spacial score (nSPS) is 21.0. The Morgan fingerprint density at radius 2 is 2.36 bits per heavy atom. The van der Waals surface area contributed by atoms with Gasteiger partial charge in [0.25, 0.3) is 0 Å². The van der Waals surface area contributed by atoms with Crippen LogP contribution in [0.2, 0.25) is 0 Å². The molecule has 0 aromatic carbocycles. The second kappa shape index (κ2) is 2.58. The molecule has 0 unspecified atom stereocenters. The van der Waals surface area contributed by atoms with E-state index in [-0.39, 0.29) is 0 Å². The van der Waals surface area contributed by atoms with Crippen LogP contribution >= 0.6 is 12.6 Å². The minimum Gasteiger partial charge on any atom is -0.241 e. The average Bonchev–Trinajstić information content (AvgIpc) is 2.06. The quantitative estimate of drug-likeness (QED) is 0.541. The van der Waals surface area contributed by atoms with Crippen LogP contribution in [0.1, 0.15) is 6.42 Å². The molecule has 2 rings (SSSR count). The summed E-state index contributed by atoms with van der Waals surface area (Å²) in [6.07, 6.45) is 10.6. The standard InChI is InChI=1S/C8H8N2S/c11-8-4-5-9-10-6-2-1-3-7(8)10/h1-3,5-6,11H,4H2. The summed E-state index contributed by atoms with van der Waals surface area (Å²) in [7, 11) is 0. The Morgan fingerprint density at radius 3 is 3.18 bits per heavy atom. The molecular formula is C8H8N2S. The lowest BCUT2D eigenvalue weighted by atomic mass is 10.2. The molecule has 2 aliphatic heterocycles. The average molecular weight is 164 g/mol. The van der Waals surface area contributed by atoms with E-state index >= 15 is 0 Å². The highest BCUT2D eigenvalue weighted by Crippen LogP contribution is 2.24. The smallest absolute Gasteiger partial charge is 0.0741 e. The molecule has 0 aromatic heterocycles. The number of hydrazone groups is 1. The van der Waals surface area contributed by atoms with Gasteiger partial charge in [-0.15, -0.1) is 12.6 Å². The van der Waals surface area contributed by atoms with Gasteiger partial charge in [-0.25, -0.2) is 5.01 Å². The van der Waals surface area contributed by atoms with Gasteiger partial charge in [0.15, 0.2) is 0 Å². The van der Waals surface area contributed by atoms with E-state index in [0.717, 1.165) is 17.0 Å². The predicted molar refractivity (Wildman–Crippen MR) is 49.2 cm³/mol. The molecule has 0 radical (unpaired) electrons. The summed E-state index contributed by atoms with van der Waals surface area (Å²) in [5, 5.41) is 5.99. The van der Waals surface area contributed by atoms with Crippen molar-refractivity contribution in [1.29, 1.82) is 0 Å². The maximum absolute atomic E-state index is 4.35. The molecule has 0 spiro atoms. The Kier molecular flexibility index (Phi) is 1.58. The van der Waals surface area contributed by atoms with Gasteiger partial charge in [0.2, 0.25) is 0 Å². The van der Waals surface area contributed by atoms with Crippen molar-refractivity contribution < 1.29 is 0 Å². The summed E-state index contributed by atoms with van der Waals surface area (Å²) in [4.78, 5) is 1.07. The number of hydrogen-bond acceptors (Lipinski definition) is 3. The third-order valence-corrected chi connectivity index (χ3v) is 2.04. The summed E-state index contributed by atoms with van der Waals surface area (Å²) in [6.45, 7) is 0. The number of nitrogens with zero attached hydrogens (tertiary/aromatic N) is 2. The maximum Gasteiger partial charge on any atom is 0.0741 e. The largest absolute Gasteiger partial charge is 0.241 e. The van der Waals surface area contributed by atoms with Crippen LogP contribution in [0.25, 0.3) is 0 Å². The third-order valence-electron chi connectivity index (χ3n) is 1.63. The Hall–Kier alpha value is -0.960. The van der Waals surface area contributed by atoms with E-state index in [2.05, 4.69) is 17.7 Å². The fourth-order valence-corrected chi connectivity index (χ4v) is 1.34. The van der Waals surface area contributed by atoms with Crippen molar-refractivity contribution in [3.05, 3.63) is 35.0 Å². The first-order valence-electron chi connectivity index (χ1n) is 3.46. The van der Waals surface area contributed by atoms with Crippen LogP contribution in [-0.2, 0) is 0 Å². The van der Waals surface area contributed by atoms with Gasteiger partial charge in [-0.05, 0) is 12.2 Å². The number of fused-ring (bicyclic) bond motifs is 1. The van der Waals surface area contributed by atoms with E-state index in [1.807, 2.05) is 35.7 Å². The SMILES string of the molecule is SC1=C2C=CC=CN2N=CC1. The second-order valence-corrected chi connectivity index (χ2v) is 2.92.